The van der Waals surface area contributed by atoms with Crippen LogP contribution in [0.2, 0.25) is 0 Å². The number of ether oxygens (including phenoxy) is 2. The van der Waals surface area contributed by atoms with Crippen LogP contribution >= 0.6 is 11.3 Å². The Labute approximate surface area is 161 Å². The molecular weight excluding hydrogens is 364 g/mol. The summed E-state index contributed by atoms with van der Waals surface area (Å²) in [6.07, 6.45) is 3.28. The Bertz CT molecular complexity index is 886. The van der Waals surface area contributed by atoms with E-state index in [9.17, 15) is 4.79 Å². The molecule has 1 atom stereocenters. The zero-order valence-corrected chi connectivity index (χ0v) is 15.8. The van der Waals surface area contributed by atoms with Crippen LogP contribution in [0.15, 0.2) is 53.6 Å². The van der Waals surface area contributed by atoms with Crippen LogP contribution in [-0.4, -0.2) is 23.1 Å². The lowest BCUT2D eigenvalue weighted by Gasteiger charge is -2.17. The Hall–Kier alpha value is -3.13. The number of benzene rings is 1. The molecule has 7 nitrogen and oxygen atoms in total. The van der Waals surface area contributed by atoms with Crippen LogP contribution in [0, 0.1) is 0 Å². The van der Waals surface area contributed by atoms with E-state index in [0.29, 0.717) is 23.8 Å². The van der Waals surface area contributed by atoms with Gasteiger partial charge in [-0.25, -0.2) is 9.78 Å². The summed E-state index contributed by atoms with van der Waals surface area (Å²) in [5.41, 5.74) is 4.12. The van der Waals surface area contributed by atoms with Gasteiger partial charge in [-0.15, -0.1) is 11.3 Å². The van der Waals surface area contributed by atoms with E-state index in [1.54, 1.807) is 37.1 Å². The maximum Gasteiger partial charge on any atom is 0.319 e. The Morgan fingerprint density at radius 1 is 1.33 bits per heavy atom. The first-order valence-electron chi connectivity index (χ1n) is 8.31. The molecule has 2 amide bonds. The van der Waals surface area contributed by atoms with Crippen molar-refractivity contribution >= 4 is 23.1 Å². The third kappa shape index (κ3) is 5.18. The molecule has 0 aliphatic carbocycles. The molecular formula is C19H20N4O3S. The molecule has 0 spiro atoms. The number of rotatable bonds is 7. The van der Waals surface area contributed by atoms with E-state index in [0.717, 1.165) is 11.3 Å². The second-order valence-corrected chi connectivity index (χ2v) is 6.45. The van der Waals surface area contributed by atoms with Crippen LogP contribution in [0.3, 0.4) is 0 Å². The second kappa shape index (κ2) is 9.00. The highest BCUT2D eigenvalue weighted by molar-refractivity contribution is 7.07. The van der Waals surface area contributed by atoms with Gasteiger partial charge >= 0.3 is 6.03 Å². The maximum atomic E-state index is 12.3. The zero-order valence-electron chi connectivity index (χ0n) is 15.0. The fraction of sp³-hybridized carbons (Fsp3) is 0.211. The van der Waals surface area contributed by atoms with E-state index >= 15 is 0 Å². The Kier molecular flexibility index (Phi) is 6.22. The molecule has 2 heterocycles. The molecule has 0 bridgehead atoms. The third-order valence-corrected chi connectivity index (χ3v) is 4.45. The molecule has 3 aromatic rings. The lowest BCUT2D eigenvalue weighted by Crippen LogP contribution is -2.31. The summed E-state index contributed by atoms with van der Waals surface area (Å²) in [6.45, 7) is 2.27. The number of methoxy groups -OCH3 is 1. The van der Waals surface area contributed by atoms with Crippen molar-refractivity contribution < 1.29 is 14.3 Å². The van der Waals surface area contributed by atoms with Crippen LogP contribution in [0.4, 0.5) is 10.5 Å². The summed E-state index contributed by atoms with van der Waals surface area (Å²) >= 11 is 1.52. The molecule has 0 saturated heterocycles. The molecule has 1 aromatic carbocycles. The molecule has 0 saturated carbocycles. The average Bonchev–Trinajstić information content (AvgIpc) is 3.20. The maximum absolute atomic E-state index is 12.3. The molecule has 0 aliphatic heterocycles. The largest absolute Gasteiger partial charge is 0.495 e. The monoisotopic (exact) mass is 384 g/mol. The number of nitrogens with one attached hydrogen (secondary N) is 2. The van der Waals surface area contributed by atoms with Crippen molar-refractivity contribution in [2.75, 3.05) is 12.4 Å². The van der Waals surface area contributed by atoms with Gasteiger partial charge in [0.25, 0.3) is 0 Å². The fourth-order valence-electron chi connectivity index (χ4n) is 2.49. The average molecular weight is 384 g/mol. The highest BCUT2D eigenvalue weighted by Gasteiger charge is 2.14. The van der Waals surface area contributed by atoms with Crippen molar-refractivity contribution in [2.45, 2.75) is 19.6 Å². The molecule has 2 aromatic heterocycles. The predicted octanol–water partition coefficient (Wildman–Crippen LogP) is 4.01. The predicted molar refractivity (Wildman–Crippen MR) is 104 cm³/mol. The fourth-order valence-corrected chi connectivity index (χ4v) is 3.03. The zero-order chi connectivity index (χ0) is 19.1. The van der Waals surface area contributed by atoms with E-state index in [1.165, 1.54) is 11.3 Å². The number of anilines is 1. The van der Waals surface area contributed by atoms with Crippen molar-refractivity contribution in [3.8, 4) is 11.5 Å². The smallest absolute Gasteiger partial charge is 0.319 e. The van der Waals surface area contributed by atoms with Crippen LogP contribution in [-0.2, 0) is 6.61 Å². The minimum atomic E-state index is -0.321. The number of amides is 2. The number of aromatic nitrogens is 2. The Morgan fingerprint density at radius 2 is 2.22 bits per heavy atom. The van der Waals surface area contributed by atoms with Crippen molar-refractivity contribution in [1.29, 1.82) is 0 Å². The van der Waals surface area contributed by atoms with E-state index in [-0.39, 0.29) is 12.1 Å². The van der Waals surface area contributed by atoms with E-state index < -0.39 is 0 Å². The quantitative estimate of drug-likeness (QED) is 0.643. The topological polar surface area (TPSA) is 85.4 Å². The first-order chi connectivity index (χ1) is 13.2. The number of urea groups is 1. The first-order valence-corrected chi connectivity index (χ1v) is 9.25. The normalized spacial score (nSPS) is 11.5. The van der Waals surface area contributed by atoms with Gasteiger partial charge in [0.15, 0.2) is 0 Å². The summed E-state index contributed by atoms with van der Waals surface area (Å²) < 4.78 is 11.0. The molecule has 0 unspecified atom stereocenters. The van der Waals surface area contributed by atoms with Gasteiger partial charge in [0.05, 0.1) is 30.6 Å². The molecule has 2 N–H and O–H groups in total. The minimum absolute atomic E-state index is 0.243. The summed E-state index contributed by atoms with van der Waals surface area (Å²) in [5, 5.41) is 7.63. The molecule has 8 heteroatoms. The van der Waals surface area contributed by atoms with Gasteiger partial charge in [-0.3, -0.25) is 4.98 Å². The molecule has 0 fully saturated rings. The first kappa shape index (κ1) is 18.7. The summed E-state index contributed by atoms with van der Waals surface area (Å²) in [4.78, 5) is 20.5. The number of carbonyl (C=O) groups is 1. The number of carbonyl (C=O) groups excluding carboxylic acids is 1. The lowest BCUT2D eigenvalue weighted by molar-refractivity contribution is 0.249. The van der Waals surface area contributed by atoms with Gasteiger partial charge in [-0.1, -0.05) is 6.07 Å². The number of nitrogens with zero attached hydrogens (tertiary/aromatic N) is 2. The van der Waals surface area contributed by atoms with Gasteiger partial charge in [-0.2, -0.15) is 0 Å². The number of pyridine rings is 1. The Balaban J connectivity index is 1.58. The van der Waals surface area contributed by atoms with Crippen LogP contribution in [0.25, 0.3) is 0 Å². The lowest BCUT2D eigenvalue weighted by atomic mass is 10.1. The highest BCUT2D eigenvalue weighted by atomic mass is 32.1. The van der Waals surface area contributed by atoms with Crippen molar-refractivity contribution in [2.24, 2.45) is 0 Å². The number of hydrogen-bond acceptors (Lipinski definition) is 6. The van der Waals surface area contributed by atoms with Gasteiger partial charge in [0.2, 0.25) is 0 Å². The molecule has 140 valence electrons. The number of thiazole rings is 1. The molecule has 27 heavy (non-hydrogen) atoms. The second-order valence-electron chi connectivity index (χ2n) is 5.73. The van der Waals surface area contributed by atoms with Crippen molar-refractivity contribution in [1.82, 2.24) is 15.3 Å². The third-order valence-electron chi connectivity index (χ3n) is 3.81. The molecule has 3 rings (SSSR count). The van der Waals surface area contributed by atoms with Crippen LogP contribution in [0.5, 0.6) is 11.5 Å². The summed E-state index contributed by atoms with van der Waals surface area (Å²) in [5.74, 6) is 1.28. The molecule has 0 radical (unpaired) electrons. The van der Waals surface area contributed by atoms with Crippen LogP contribution < -0.4 is 20.1 Å². The summed E-state index contributed by atoms with van der Waals surface area (Å²) in [6, 6.07) is 8.47. The van der Waals surface area contributed by atoms with E-state index in [1.807, 2.05) is 30.5 Å². The van der Waals surface area contributed by atoms with Gasteiger partial charge in [0, 0.05) is 28.9 Å². The minimum Gasteiger partial charge on any atom is -0.495 e. The van der Waals surface area contributed by atoms with Gasteiger partial charge < -0.3 is 20.1 Å². The van der Waals surface area contributed by atoms with Crippen molar-refractivity contribution in [3.63, 3.8) is 0 Å². The SMILES string of the molecule is COc1cnccc1[C@H](C)NC(=O)Nc1cccc(OCc2cscn2)c1. The standard InChI is InChI=1S/C19H20N4O3S/c1-13(17-6-7-20-9-18(17)25-2)22-19(24)23-14-4-3-5-16(8-14)26-10-15-11-27-12-21-15/h3-9,11-13H,10H2,1-2H3,(H2,22,23,24)/t13-/m0/s1. The summed E-state index contributed by atoms with van der Waals surface area (Å²) in [7, 11) is 1.57. The van der Waals surface area contributed by atoms with Crippen LogP contribution in [0.1, 0.15) is 24.2 Å². The van der Waals surface area contributed by atoms with Crippen molar-refractivity contribution in [3.05, 3.63) is 64.9 Å². The van der Waals surface area contributed by atoms with Gasteiger partial charge in [0.1, 0.15) is 18.1 Å². The van der Waals surface area contributed by atoms with Gasteiger partial charge in [-0.05, 0) is 25.1 Å². The Morgan fingerprint density at radius 3 is 3.00 bits per heavy atom. The number of hydrogen-bond donors (Lipinski definition) is 2. The molecule has 0 aliphatic rings. The van der Waals surface area contributed by atoms with E-state index in [4.69, 9.17) is 9.47 Å². The van der Waals surface area contributed by atoms with E-state index in [2.05, 4.69) is 20.6 Å². The highest BCUT2D eigenvalue weighted by Crippen LogP contribution is 2.23.